The molecule has 1 heterocycles. The second-order valence-corrected chi connectivity index (χ2v) is 10.7. The molecule has 1 saturated heterocycles. The molecule has 3 rings (SSSR count). The summed E-state index contributed by atoms with van der Waals surface area (Å²) in [4.78, 5) is 17.7. The fourth-order valence-electron chi connectivity index (χ4n) is 5.32. The molecule has 184 valence electrons. The van der Waals surface area contributed by atoms with Gasteiger partial charge in [0.1, 0.15) is 18.5 Å². The number of aliphatic imine (C=N–C) groups is 1. The lowest BCUT2D eigenvalue weighted by atomic mass is 9.81. The first-order valence-electron chi connectivity index (χ1n) is 12.3. The number of hydrogen-bond donors (Lipinski definition) is 4. The number of amides is 1. The van der Waals surface area contributed by atoms with Crippen molar-refractivity contribution in [3.8, 4) is 0 Å². The average Bonchev–Trinajstić information content (AvgIpc) is 3.18. The number of guanidine groups is 1. The van der Waals surface area contributed by atoms with Gasteiger partial charge in [-0.15, -0.1) is 11.6 Å². The first-order valence-corrected chi connectivity index (χ1v) is 12.8. The summed E-state index contributed by atoms with van der Waals surface area (Å²) < 4.78 is 27.7. The van der Waals surface area contributed by atoms with Gasteiger partial charge in [-0.1, -0.05) is 20.3 Å². The van der Waals surface area contributed by atoms with Gasteiger partial charge in [0.2, 0.25) is 5.91 Å². The molecule has 8 atom stereocenters. The van der Waals surface area contributed by atoms with Crippen molar-refractivity contribution in [1.29, 1.82) is 0 Å². The monoisotopic (exact) mass is 475 g/mol. The summed E-state index contributed by atoms with van der Waals surface area (Å²) in [5, 5.41) is 6.50. The molecule has 2 saturated carbocycles. The van der Waals surface area contributed by atoms with E-state index in [0.717, 1.165) is 32.1 Å². The number of hydrogen-bond acceptors (Lipinski definition) is 4. The Morgan fingerprint density at radius 2 is 1.84 bits per heavy atom. The number of nitrogens with zero attached hydrogens (tertiary/aromatic N) is 1. The van der Waals surface area contributed by atoms with E-state index >= 15 is 0 Å². The van der Waals surface area contributed by atoms with Gasteiger partial charge in [-0.05, 0) is 57.3 Å². The van der Waals surface area contributed by atoms with Crippen LogP contribution in [0.25, 0.3) is 0 Å². The highest BCUT2D eigenvalue weighted by Crippen LogP contribution is 2.34. The van der Waals surface area contributed by atoms with Crippen LogP contribution >= 0.6 is 11.6 Å². The van der Waals surface area contributed by atoms with Gasteiger partial charge >= 0.3 is 0 Å². The van der Waals surface area contributed by atoms with Crippen LogP contribution < -0.4 is 21.5 Å². The van der Waals surface area contributed by atoms with Crippen LogP contribution in [0.4, 0.5) is 8.78 Å². The molecule has 0 aromatic rings. The molecular weight excluding hydrogens is 436 g/mol. The lowest BCUT2D eigenvalue weighted by Crippen LogP contribution is -2.49. The Morgan fingerprint density at radius 1 is 1.12 bits per heavy atom. The van der Waals surface area contributed by atoms with Crippen molar-refractivity contribution in [2.75, 3.05) is 0 Å². The predicted molar refractivity (Wildman–Crippen MR) is 125 cm³/mol. The molecule has 0 aromatic heterocycles. The molecule has 3 fully saturated rings. The van der Waals surface area contributed by atoms with E-state index in [1.165, 1.54) is 0 Å². The zero-order chi connectivity index (χ0) is 23.3. The molecule has 2 aliphatic carbocycles. The van der Waals surface area contributed by atoms with Crippen LogP contribution in [-0.2, 0) is 4.79 Å². The number of halogens is 3. The first-order chi connectivity index (χ1) is 15.2. The minimum absolute atomic E-state index is 0.0118. The summed E-state index contributed by atoms with van der Waals surface area (Å²) >= 11 is 6.33. The number of nitrogens with one attached hydrogen (secondary N) is 4. The second kappa shape index (κ2) is 11.9. The molecule has 8 unspecified atom stereocenters. The standard InChI is InChI=1S/C23H40ClF2N5O/c1-4-5-14(3)27-23(29-22(32)15-6-7-19(24)13(2)8-15)28-21-12-20(30-31-21)16-9-17(25)11-18(26)10-16/h13-21,30-31H,4-12H2,1-3H3,(H2,27,28,29,32). The molecule has 9 heteroatoms. The van der Waals surface area contributed by atoms with Gasteiger partial charge in [-0.2, -0.15) is 0 Å². The van der Waals surface area contributed by atoms with E-state index in [9.17, 15) is 13.6 Å². The van der Waals surface area contributed by atoms with E-state index in [1.807, 2.05) is 0 Å². The van der Waals surface area contributed by atoms with Crippen LogP contribution in [0, 0.1) is 17.8 Å². The summed E-state index contributed by atoms with van der Waals surface area (Å²) in [6.07, 6.45) is 3.36. The van der Waals surface area contributed by atoms with Gasteiger partial charge in [0.05, 0.1) is 0 Å². The smallest absolute Gasteiger partial charge is 0.229 e. The topological polar surface area (TPSA) is 77.6 Å². The highest BCUT2D eigenvalue weighted by molar-refractivity contribution is 6.20. The summed E-state index contributed by atoms with van der Waals surface area (Å²) in [6.45, 7) is 6.28. The van der Waals surface area contributed by atoms with E-state index in [4.69, 9.17) is 16.6 Å². The van der Waals surface area contributed by atoms with E-state index in [-0.39, 0.29) is 47.8 Å². The van der Waals surface area contributed by atoms with E-state index in [2.05, 4.69) is 42.3 Å². The number of carbonyl (C=O) groups excluding carboxylic acids is 1. The minimum atomic E-state index is -1.08. The minimum Gasteiger partial charge on any atom is -0.354 e. The molecule has 6 nitrogen and oxygen atoms in total. The van der Waals surface area contributed by atoms with Crippen LogP contribution in [-0.4, -0.2) is 47.8 Å². The maximum Gasteiger partial charge on any atom is 0.229 e. The predicted octanol–water partition coefficient (Wildman–Crippen LogP) is 3.95. The van der Waals surface area contributed by atoms with E-state index in [0.29, 0.717) is 31.1 Å². The highest BCUT2D eigenvalue weighted by atomic mass is 35.5. The normalized spacial score (nSPS) is 39.5. The molecule has 1 aliphatic heterocycles. The van der Waals surface area contributed by atoms with Crippen molar-refractivity contribution in [3.05, 3.63) is 0 Å². The van der Waals surface area contributed by atoms with Gasteiger partial charge in [-0.3, -0.25) is 15.5 Å². The second-order valence-electron chi connectivity index (χ2n) is 10.1. The number of rotatable bonds is 6. The molecular formula is C23H40ClF2N5O. The summed E-state index contributed by atoms with van der Waals surface area (Å²) in [7, 11) is 0. The Morgan fingerprint density at radius 3 is 2.50 bits per heavy atom. The van der Waals surface area contributed by atoms with Crippen LogP contribution in [0.2, 0.25) is 0 Å². The zero-order valence-electron chi connectivity index (χ0n) is 19.5. The molecule has 0 bridgehead atoms. The fourth-order valence-corrected chi connectivity index (χ4v) is 5.55. The van der Waals surface area contributed by atoms with E-state index in [1.54, 1.807) is 0 Å². The Kier molecular flexibility index (Phi) is 9.56. The Labute approximate surface area is 196 Å². The van der Waals surface area contributed by atoms with Crippen molar-refractivity contribution in [1.82, 2.24) is 21.5 Å². The number of hydrazine groups is 1. The molecule has 4 N–H and O–H groups in total. The lowest BCUT2D eigenvalue weighted by molar-refractivity contribution is -0.124. The maximum absolute atomic E-state index is 13.9. The molecule has 0 radical (unpaired) electrons. The quantitative estimate of drug-likeness (QED) is 0.266. The van der Waals surface area contributed by atoms with Crippen LogP contribution in [0.3, 0.4) is 0 Å². The van der Waals surface area contributed by atoms with Crippen molar-refractivity contribution in [2.24, 2.45) is 22.7 Å². The summed E-state index contributed by atoms with van der Waals surface area (Å²) in [5.41, 5.74) is 6.33. The SMILES string of the molecule is CCCC(C)N/C(=N\C1CC(C2CC(F)CC(F)C2)NN1)NC(=O)C1CCC(Cl)C(C)C1. The Bertz CT molecular complexity index is 644. The Balaban J connectivity index is 1.62. The van der Waals surface area contributed by atoms with Crippen molar-refractivity contribution in [3.63, 3.8) is 0 Å². The third-order valence-electron chi connectivity index (χ3n) is 7.18. The van der Waals surface area contributed by atoms with Crippen molar-refractivity contribution >= 4 is 23.5 Å². The molecule has 0 aromatic carbocycles. The molecule has 32 heavy (non-hydrogen) atoms. The summed E-state index contributed by atoms with van der Waals surface area (Å²) in [6, 6.07) is 0.130. The highest BCUT2D eigenvalue weighted by Gasteiger charge is 2.37. The van der Waals surface area contributed by atoms with Crippen molar-refractivity contribution in [2.45, 2.75) is 115 Å². The molecule has 0 spiro atoms. The van der Waals surface area contributed by atoms with Crippen LogP contribution in [0.5, 0.6) is 0 Å². The van der Waals surface area contributed by atoms with E-state index < -0.39 is 12.3 Å². The number of alkyl halides is 3. The third kappa shape index (κ3) is 7.26. The van der Waals surface area contributed by atoms with Gasteiger partial charge in [0.25, 0.3) is 0 Å². The molecule has 3 aliphatic rings. The van der Waals surface area contributed by atoms with Gasteiger partial charge in [0.15, 0.2) is 5.96 Å². The fraction of sp³-hybridized carbons (Fsp3) is 0.913. The largest absolute Gasteiger partial charge is 0.354 e. The van der Waals surface area contributed by atoms with Gasteiger partial charge < -0.3 is 5.32 Å². The number of carbonyl (C=O) groups is 1. The third-order valence-corrected chi connectivity index (χ3v) is 7.83. The molecule has 1 amide bonds. The van der Waals surface area contributed by atoms with Crippen molar-refractivity contribution < 1.29 is 13.6 Å². The first kappa shape index (κ1) is 25.6. The van der Waals surface area contributed by atoms with Gasteiger partial charge in [0, 0.05) is 36.2 Å². The zero-order valence-corrected chi connectivity index (χ0v) is 20.3. The van der Waals surface area contributed by atoms with Crippen LogP contribution in [0.15, 0.2) is 4.99 Å². The average molecular weight is 476 g/mol. The Hall–Kier alpha value is -0.990. The lowest BCUT2D eigenvalue weighted by Gasteiger charge is -2.31. The maximum atomic E-state index is 13.9. The van der Waals surface area contributed by atoms with Crippen LogP contribution in [0.1, 0.15) is 78.6 Å². The summed E-state index contributed by atoms with van der Waals surface area (Å²) in [5.74, 6) is 0.626. The van der Waals surface area contributed by atoms with Gasteiger partial charge in [-0.25, -0.2) is 19.2 Å².